The molecule has 0 aliphatic heterocycles. The van der Waals surface area contributed by atoms with Gasteiger partial charge in [0, 0.05) is 5.92 Å². The van der Waals surface area contributed by atoms with Crippen molar-refractivity contribution in [3.05, 3.63) is 17.2 Å². The summed E-state index contributed by atoms with van der Waals surface area (Å²) < 4.78 is 4.79. The first kappa shape index (κ1) is 10.8. The van der Waals surface area contributed by atoms with Crippen molar-refractivity contribution in [1.29, 1.82) is 0 Å². The summed E-state index contributed by atoms with van der Waals surface area (Å²) in [4.78, 5) is 15.8. The van der Waals surface area contributed by atoms with Gasteiger partial charge in [-0.05, 0) is 19.8 Å². The predicted octanol–water partition coefficient (Wildman–Crippen LogP) is 0.813. The van der Waals surface area contributed by atoms with E-state index in [9.17, 15) is 4.79 Å². The Morgan fingerprint density at radius 3 is 2.94 bits per heavy atom. The summed E-state index contributed by atoms with van der Waals surface area (Å²) in [5.74, 6) is 0.392. The van der Waals surface area contributed by atoms with Gasteiger partial charge in [-0.1, -0.05) is 5.16 Å². The number of anilines is 2. The van der Waals surface area contributed by atoms with Crippen molar-refractivity contribution in [3.63, 3.8) is 0 Å². The average molecular weight is 248 g/mol. The minimum atomic E-state index is -0.459. The van der Waals surface area contributed by atoms with E-state index in [0.29, 0.717) is 17.4 Å². The predicted molar refractivity (Wildman–Crippen MR) is 62.0 cm³/mol. The molecule has 8 heteroatoms. The summed E-state index contributed by atoms with van der Waals surface area (Å²) in [7, 11) is 0. The third-order valence-electron chi connectivity index (χ3n) is 2.78. The summed E-state index contributed by atoms with van der Waals surface area (Å²) in [6, 6.07) is 0.0351. The fourth-order valence-electron chi connectivity index (χ4n) is 1.72. The summed E-state index contributed by atoms with van der Waals surface area (Å²) >= 11 is 0. The standard InChI is InChI=1S/C10H12N6O2/c1-4-12-10(18-16-4)13-9(17)8-6(11)7(14-15-8)5-2-3-5/h5H,2-3,11H2,1H3,(H,14,15)(H,12,13,16,17). The molecule has 0 atom stereocenters. The number of hydrogen-bond donors (Lipinski definition) is 3. The smallest absolute Gasteiger partial charge is 0.328 e. The van der Waals surface area contributed by atoms with Gasteiger partial charge in [0.05, 0.1) is 11.4 Å². The fourth-order valence-corrected chi connectivity index (χ4v) is 1.72. The van der Waals surface area contributed by atoms with E-state index in [-0.39, 0.29) is 11.7 Å². The molecule has 0 saturated heterocycles. The molecule has 94 valence electrons. The lowest BCUT2D eigenvalue weighted by Gasteiger charge is -1.98. The zero-order chi connectivity index (χ0) is 12.7. The Bertz CT molecular complexity index is 597. The maximum Gasteiger partial charge on any atom is 0.328 e. The monoisotopic (exact) mass is 248 g/mol. The topological polar surface area (TPSA) is 123 Å². The number of H-pyrrole nitrogens is 1. The zero-order valence-corrected chi connectivity index (χ0v) is 9.73. The van der Waals surface area contributed by atoms with Gasteiger partial charge < -0.3 is 10.3 Å². The molecule has 4 N–H and O–H groups in total. The molecule has 1 aliphatic carbocycles. The van der Waals surface area contributed by atoms with Crippen LogP contribution in [0.2, 0.25) is 0 Å². The minimum Gasteiger partial charge on any atom is -0.395 e. The maximum absolute atomic E-state index is 11.9. The first-order valence-corrected chi connectivity index (χ1v) is 5.60. The number of nitrogens with zero attached hydrogens (tertiary/aromatic N) is 3. The van der Waals surface area contributed by atoms with E-state index in [2.05, 4.69) is 25.7 Å². The molecule has 0 unspecified atom stereocenters. The van der Waals surface area contributed by atoms with Crippen molar-refractivity contribution in [2.45, 2.75) is 25.7 Å². The van der Waals surface area contributed by atoms with Gasteiger partial charge in [-0.3, -0.25) is 15.2 Å². The van der Waals surface area contributed by atoms with Crippen LogP contribution in [0.1, 0.15) is 40.8 Å². The van der Waals surface area contributed by atoms with Gasteiger partial charge in [-0.25, -0.2) is 0 Å². The van der Waals surface area contributed by atoms with Gasteiger partial charge in [0.25, 0.3) is 5.91 Å². The Hall–Kier alpha value is -2.38. The highest BCUT2D eigenvalue weighted by Crippen LogP contribution is 2.42. The number of carbonyl (C=O) groups is 1. The van der Waals surface area contributed by atoms with Crippen molar-refractivity contribution in [3.8, 4) is 0 Å². The molecule has 1 saturated carbocycles. The van der Waals surface area contributed by atoms with Gasteiger partial charge in [0.2, 0.25) is 0 Å². The highest BCUT2D eigenvalue weighted by atomic mass is 16.5. The van der Waals surface area contributed by atoms with E-state index in [0.717, 1.165) is 18.5 Å². The Labute approximate surface area is 102 Å². The van der Waals surface area contributed by atoms with Crippen LogP contribution in [0.5, 0.6) is 0 Å². The van der Waals surface area contributed by atoms with Gasteiger partial charge in [0.15, 0.2) is 11.5 Å². The van der Waals surface area contributed by atoms with E-state index < -0.39 is 5.91 Å². The summed E-state index contributed by atoms with van der Waals surface area (Å²) in [5.41, 5.74) is 7.27. The van der Waals surface area contributed by atoms with Crippen molar-refractivity contribution in [2.24, 2.45) is 0 Å². The lowest BCUT2D eigenvalue weighted by atomic mass is 10.2. The first-order valence-electron chi connectivity index (χ1n) is 5.60. The molecule has 0 radical (unpaired) electrons. The largest absolute Gasteiger partial charge is 0.395 e. The number of carbonyl (C=O) groups excluding carboxylic acids is 1. The van der Waals surface area contributed by atoms with Gasteiger partial charge in [-0.15, -0.1) is 0 Å². The van der Waals surface area contributed by atoms with E-state index in [1.54, 1.807) is 6.92 Å². The van der Waals surface area contributed by atoms with E-state index in [4.69, 9.17) is 10.3 Å². The second kappa shape index (κ2) is 3.83. The third kappa shape index (κ3) is 1.81. The van der Waals surface area contributed by atoms with Crippen LogP contribution in [0.3, 0.4) is 0 Å². The fraction of sp³-hybridized carbons (Fsp3) is 0.400. The Morgan fingerprint density at radius 2 is 2.33 bits per heavy atom. The second-order valence-electron chi connectivity index (χ2n) is 4.27. The molecule has 0 bridgehead atoms. The molecule has 0 spiro atoms. The highest BCUT2D eigenvalue weighted by molar-refractivity contribution is 6.05. The molecule has 3 rings (SSSR count). The molecule has 2 aromatic rings. The Kier molecular flexibility index (Phi) is 2.29. The number of nitrogen functional groups attached to an aromatic ring is 1. The van der Waals surface area contributed by atoms with E-state index >= 15 is 0 Å². The lowest BCUT2D eigenvalue weighted by molar-refractivity contribution is 0.101. The van der Waals surface area contributed by atoms with E-state index in [1.165, 1.54) is 0 Å². The summed E-state index contributed by atoms with van der Waals surface area (Å²) in [6.07, 6.45) is 2.16. The summed E-state index contributed by atoms with van der Waals surface area (Å²) in [6.45, 7) is 1.66. The number of rotatable bonds is 3. The normalized spacial score (nSPS) is 14.7. The Balaban J connectivity index is 1.79. The molecule has 2 heterocycles. The number of hydrogen-bond acceptors (Lipinski definition) is 6. The Morgan fingerprint density at radius 1 is 1.56 bits per heavy atom. The van der Waals surface area contributed by atoms with Gasteiger partial charge in [0.1, 0.15) is 0 Å². The third-order valence-corrected chi connectivity index (χ3v) is 2.78. The molecule has 18 heavy (non-hydrogen) atoms. The van der Waals surface area contributed by atoms with Crippen LogP contribution in [0.4, 0.5) is 11.7 Å². The van der Waals surface area contributed by atoms with E-state index in [1.807, 2.05) is 0 Å². The second-order valence-corrected chi connectivity index (χ2v) is 4.27. The number of nitrogens with two attached hydrogens (primary N) is 1. The van der Waals surface area contributed by atoms with Crippen molar-refractivity contribution in [1.82, 2.24) is 20.3 Å². The van der Waals surface area contributed by atoms with Crippen LogP contribution < -0.4 is 11.1 Å². The summed E-state index contributed by atoms with van der Waals surface area (Å²) in [5, 5.41) is 12.8. The number of aryl methyl sites for hydroxylation is 1. The molecule has 1 amide bonds. The van der Waals surface area contributed by atoms with Crippen LogP contribution in [-0.4, -0.2) is 26.2 Å². The van der Waals surface area contributed by atoms with Gasteiger partial charge in [-0.2, -0.15) is 10.1 Å². The highest BCUT2D eigenvalue weighted by Gasteiger charge is 2.30. The number of aromatic amines is 1. The van der Waals surface area contributed by atoms with Crippen LogP contribution in [0.15, 0.2) is 4.52 Å². The molecule has 1 fully saturated rings. The minimum absolute atomic E-state index is 0.0351. The van der Waals surface area contributed by atoms with Crippen LogP contribution in [0.25, 0.3) is 0 Å². The average Bonchev–Trinajstić information content (AvgIpc) is 2.98. The van der Waals surface area contributed by atoms with Gasteiger partial charge >= 0.3 is 6.01 Å². The number of amides is 1. The molecule has 1 aliphatic rings. The molecular formula is C10H12N6O2. The van der Waals surface area contributed by atoms with Crippen molar-refractivity contribution >= 4 is 17.6 Å². The maximum atomic E-state index is 11.9. The quantitative estimate of drug-likeness (QED) is 0.738. The number of aromatic nitrogens is 4. The zero-order valence-electron chi connectivity index (χ0n) is 9.73. The van der Waals surface area contributed by atoms with Crippen LogP contribution in [0, 0.1) is 6.92 Å². The lowest BCUT2D eigenvalue weighted by Crippen LogP contribution is -2.14. The first-order chi connectivity index (χ1) is 8.65. The molecule has 8 nitrogen and oxygen atoms in total. The van der Waals surface area contributed by atoms with Crippen molar-refractivity contribution < 1.29 is 9.32 Å². The molecule has 2 aromatic heterocycles. The molecule has 0 aromatic carbocycles. The number of nitrogens with one attached hydrogen (secondary N) is 2. The van der Waals surface area contributed by atoms with Crippen LogP contribution >= 0.6 is 0 Å². The SMILES string of the molecule is Cc1noc(NC(=O)c2n[nH]c(C3CC3)c2N)n1. The van der Waals surface area contributed by atoms with Crippen molar-refractivity contribution in [2.75, 3.05) is 11.1 Å². The molecular weight excluding hydrogens is 236 g/mol. The van der Waals surface area contributed by atoms with Crippen LogP contribution in [-0.2, 0) is 0 Å².